The number of ether oxygens (including phenoxy) is 2. The smallest absolute Gasteiger partial charge is 0.413 e. The molecule has 1 aromatic heterocycles. The Labute approximate surface area is 139 Å². The lowest BCUT2D eigenvalue weighted by Gasteiger charge is -2.19. The van der Waals surface area contributed by atoms with Crippen LogP contribution in [0, 0.1) is 5.41 Å². The second-order valence-corrected chi connectivity index (χ2v) is 6.21. The lowest BCUT2D eigenvalue weighted by molar-refractivity contribution is 0.0518. The summed E-state index contributed by atoms with van der Waals surface area (Å²) in [6.45, 7) is 7.28. The van der Waals surface area contributed by atoms with Crippen LogP contribution in [-0.2, 0) is 9.47 Å². The van der Waals surface area contributed by atoms with Crippen molar-refractivity contribution >= 4 is 28.8 Å². The van der Waals surface area contributed by atoms with E-state index in [4.69, 9.17) is 14.9 Å². The van der Waals surface area contributed by atoms with Crippen molar-refractivity contribution in [3.05, 3.63) is 35.5 Å². The van der Waals surface area contributed by atoms with Crippen LogP contribution >= 0.6 is 0 Å². The summed E-state index contributed by atoms with van der Waals surface area (Å²) in [7, 11) is 0. The Morgan fingerprint density at radius 2 is 1.96 bits per heavy atom. The van der Waals surface area contributed by atoms with Gasteiger partial charge in [0.1, 0.15) is 17.1 Å². The highest BCUT2D eigenvalue weighted by Crippen LogP contribution is 2.18. The molecule has 0 aliphatic carbocycles. The molecule has 7 nitrogen and oxygen atoms in total. The Bertz CT molecular complexity index is 787. The Balaban J connectivity index is 2.16. The molecule has 0 fully saturated rings. The summed E-state index contributed by atoms with van der Waals surface area (Å²) in [5, 5.41) is 11.2. The number of fused-ring (bicyclic) bond motifs is 1. The number of carbonyl (C=O) groups is 2. The van der Waals surface area contributed by atoms with Gasteiger partial charge in [-0.05, 0) is 39.8 Å². The lowest BCUT2D eigenvalue weighted by atomic mass is 10.1. The molecule has 3 N–H and O–H groups in total. The van der Waals surface area contributed by atoms with E-state index in [0.717, 1.165) is 5.39 Å². The van der Waals surface area contributed by atoms with Gasteiger partial charge in [0, 0.05) is 16.5 Å². The normalized spacial score (nSPS) is 11.2. The molecule has 0 radical (unpaired) electrons. The molecular formula is C17H21N3O4. The number of amides is 1. The van der Waals surface area contributed by atoms with E-state index >= 15 is 0 Å². The number of carbonyl (C=O) groups excluding carboxylic acids is 2. The largest absolute Gasteiger partial charge is 0.461 e. The van der Waals surface area contributed by atoms with Gasteiger partial charge in [-0.2, -0.15) is 0 Å². The number of esters is 1. The van der Waals surface area contributed by atoms with E-state index in [0.29, 0.717) is 23.4 Å². The van der Waals surface area contributed by atoms with Crippen LogP contribution in [0.15, 0.2) is 24.3 Å². The SMILES string of the molecule is CCOC(=O)c1cc2ccc(C(=N)NC(=O)OC(C)(C)C)cc2[nH]1. The summed E-state index contributed by atoms with van der Waals surface area (Å²) in [5.41, 5.74) is 0.870. The summed E-state index contributed by atoms with van der Waals surface area (Å²) in [5.74, 6) is -0.518. The van der Waals surface area contributed by atoms with Crippen molar-refractivity contribution in [1.29, 1.82) is 5.41 Å². The first-order valence-electron chi connectivity index (χ1n) is 7.58. The highest BCUT2D eigenvalue weighted by Gasteiger charge is 2.18. The van der Waals surface area contributed by atoms with Gasteiger partial charge in [-0.3, -0.25) is 10.7 Å². The zero-order valence-corrected chi connectivity index (χ0v) is 14.1. The number of hydrogen-bond donors (Lipinski definition) is 3. The predicted molar refractivity (Wildman–Crippen MR) is 90.5 cm³/mol. The molecule has 24 heavy (non-hydrogen) atoms. The van der Waals surface area contributed by atoms with Crippen LogP contribution in [0.4, 0.5) is 4.79 Å². The highest BCUT2D eigenvalue weighted by molar-refractivity contribution is 6.06. The maximum atomic E-state index is 11.7. The van der Waals surface area contributed by atoms with Gasteiger partial charge in [-0.25, -0.2) is 9.59 Å². The zero-order valence-electron chi connectivity index (χ0n) is 14.1. The summed E-state index contributed by atoms with van der Waals surface area (Å²) < 4.78 is 10.1. The number of alkyl carbamates (subject to hydrolysis) is 1. The van der Waals surface area contributed by atoms with Crippen molar-refractivity contribution in [3.8, 4) is 0 Å². The molecule has 0 bridgehead atoms. The van der Waals surface area contributed by atoms with E-state index in [1.807, 2.05) is 0 Å². The van der Waals surface area contributed by atoms with Crippen molar-refractivity contribution in [3.63, 3.8) is 0 Å². The van der Waals surface area contributed by atoms with E-state index in [9.17, 15) is 9.59 Å². The molecule has 2 aromatic rings. The first-order valence-corrected chi connectivity index (χ1v) is 7.58. The molecule has 2 rings (SSSR count). The third kappa shape index (κ3) is 4.34. The lowest BCUT2D eigenvalue weighted by Crippen LogP contribution is -2.36. The van der Waals surface area contributed by atoms with Crippen LogP contribution in [-0.4, -0.2) is 35.1 Å². The number of H-pyrrole nitrogens is 1. The van der Waals surface area contributed by atoms with Gasteiger partial charge >= 0.3 is 12.1 Å². The molecule has 0 saturated heterocycles. The van der Waals surface area contributed by atoms with Gasteiger partial charge in [0.25, 0.3) is 0 Å². The Morgan fingerprint density at radius 1 is 1.25 bits per heavy atom. The fraction of sp³-hybridized carbons (Fsp3) is 0.353. The molecule has 1 amide bonds. The van der Waals surface area contributed by atoms with Crippen molar-refractivity contribution in [1.82, 2.24) is 10.3 Å². The van der Waals surface area contributed by atoms with Crippen LogP contribution in [0.25, 0.3) is 10.9 Å². The molecule has 0 aliphatic rings. The molecular weight excluding hydrogens is 310 g/mol. The van der Waals surface area contributed by atoms with Crippen molar-refractivity contribution in [2.45, 2.75) is 33.3 Å². The predicted octanol–water partition coefficient (Wildman–Crippen LogP) is 3.19. The van der Waals surface area contributed by atoms with Crippen LogP contribution < -0.4 is 5.32 Å². The van der Waals surface area contributed by atoms with Crippen molar-refractivity contribution < 1.29 is 19.1 Å². The monoisotopic (exact) mass is 331 g/mol. The van der Waals surface area contributed by atoms with Gasteiger partial charge in [-0.15, -0.1) is 0 Å². The number of amidine groups is 1. The third-order valence-electron chi connectivity index (χ3n) is 3.03. The summed E-state index contributed by atoms with van der Waals surface area (Å²) in [4.78, 5) is 26.4. The van der Waals surface area contributed by atoms with Gasteiger partial charge in [0.15, 0.2) is 0 Å². The standard InChI is InChI=1S/C17H21N3O4/c1-5-23-15(21)13-8-10-6-7-11(9-12(10)19-13)14(18)20-16(22)24-17(2,3)4/h6-9,19H,5H2,1-4H3,(H2,18,20,22). The minimum atomic E-state index is -0.689. The summed E-state index contributed by atoms with van der Waals surface area (Å²) >= 11 is 0. The molecule has 128 valence electrons. The first kappa shape index (κ1) is 17.5. The maximum absolute atomic E-state index is 11.7. The van der Waals surface area contributed by atoms with Crippen LogP contribution in [0.1, 0.15) is 43.7 Å². The van der Waals surface area contributed by atoms with E-state index < -0.39 is 17.7 Å². The molecule has 7 heteroatoms. The number of aromatic nitrogens is 1. The third-order valence-corrected chi connectivity index (χ3v) is 3.03. The van der Waals surface area contributed by atoms with E-state index in [2.05, 4.69) is 10.3 Å². The average molecular weight is 331 g/mol. The fourth-order valence-electron chi connectivity index (χ4n) is 2.08. The summed E-state index contributed by atoms with van der Waals surface area (Å²) in [6.07, 6.45) is -0.689. The second-order valence-electron chi connectivity index (χ2n) is 6.21. The van der Waals surface area contributed by atoms with Crippen LogP contribution in [0.5, 0.6) is 0 Å². The van der Waals surface area contributed by atoms with Crippen LogP contribution in [0.2, 0.25) is 0 Å². The number of benzene rings is 1. The molecule has 1 aromatic carbocycles. The topological polar surface area (TPSA) is 104 Å². The van der Waals surface area contributed by atoms with Crippen molar-refractivity contribution in [2.24, 2.45) is 0 Å². The number of rotatable bonds is 3. The molecule has 0 unspecified atom stereocenters. The van der Waals surface area contributed by atoms with Crippen molar-refractivity contribution in [2.75, 3.05) is 6.61 Å². The molecule has 0 aliphatic heterocycles. The highest BCUT2D eigenvalue weighted by atomic mass is 16.6. The van der Waals surface area contributed by atoms with Gasteiger partial charge in [0.05, 0.1) is 6.61 Å². The quantitative estimate of drug-likeness (QED) is 0.456. The van der Waals surface area contributed by atoms with Gasteiger partial charge < -0.3 is 14.5 Å². The van der Waals surface area contributed by atoms with Gasteiger partial charge in [0.2, 0.25) is 0 Å². The second kappa shape index (κ2) is 6.74. The average Bonchev–Trinajstić information content (AvgIpc) is 2.88. The van der Waals surface area contributed by atoms with E-state index in [1.54, 1.807) is 52.0 Å². The van der Waals surface area contributed by atoms with E-state index in [1.165, 1.54) is 0 Å². The Morgan fingerprint density at radius 3 is 2.58 bits per heavy atom. The molecule has 0 spiro atoms. The molecule has 1 heterocycles. The first-order chi connectivity index (χ1) is 11.2. The van der Waals surface area contributed by atoms with Gasteiger partial charge in [-0.1, -0.05) is 12.1 Å². The minimum absolute atomic E-state index is 0.0848. The number of hydrogen-bond acceptors (Lipinski definition) is 5. The summed E-state index contributed by atoms with van der Waals surface area (Å²) in [6, 6.07) is 6.81. The number of aromatic amines is 1. The fourth-order valence-corrected chi connectivity index (χ4v) is 2.08. The number of nitrogens with one attached hydrogen (secondary N) is 3. The Hall–Kier alpha value is -2.83. The Kier molecular flexibility index (Phi) is 4.92. The maximum Gasteiger partial charge on any atom is 0.413 e. The van der Waals surface area contributed by atoms with E-state index in [-0.39, 0.29) is 5.84 Å². The minimum Gasteiger partial charge on any atom is -0.461 e. The van der Waals surface area contributed by atoms with Crippen LogP contribution in [0.3, 0.4) is 0 Å². The zero-order chi connectivity index (χ0) is 17.9. The molecule has 0 atom stereocenters. The molecule has 0 saturated carbocycles.